The van der Waals surface area contributed by atoms with Gasteiger partial charge in [0.25, 0.3) is 0 Å². The zero-order valence-electron chi connectivity index (χ0n) is 21.9. The van der Waals surface area contributed by atoms with Crippen molar-refractivity contribution in [1.29, 1.82) is 0 Å². The van der Waals surface area contributed by atoms with Crippen molar-refractivity contribution in [2.45, 2.75) is 32.4 Å². The number of carbonyl (C=O) groups is 2. The molecule has 1 fully saturated rings. The van der Waals surface area contributed by atoms with E-state index in [1.54, 1.807) is 6.07 Å². The number of amides is 3. The summed E-state index contributed by atoms with van der Waals surface area (Å²) in [6.07, 6.45) is 0.720. The third-order valence-corrected chi connectivity index (χ3v) is 8.37. The smallest absolute Gasteiger partial charge is 0.321 e. The molecule has 1 N–H and O–H groups in total. The molecule has 2 aromatic carbocycles. The van der Waals surface area contributed by atoms with Gasteiger partial charge in [-0.1, -0.05) is 12.1 Å². The number of hydrogen-bond acceptors (Lipinski definition) is 5. The van der Waals surface area contributed by atoms with Crippen LogP contribution in [0.5, 0.6) is 0 Å². The summed E-state index contributed by atoms with van der Waals surface area (Å²) >= 11 is 0. The van der Waals surface area contributed by atoms with Crippen molar-refractivity contribution < 1.29 is 35.9 Å². The molecule has 0 radical (unpaired) electrons. The van der Waals surface area contributed by atoms with Gasteiger partial charge in [0.05, 0.1) is 24.6 Å². The third-order valence-electron chi connectivity index (χ3n) is 6.54. The Kier molecular flexibility index (Phi) is 10.7. The van der Waals surface area contributed by atoms with Crippen LogP contribution in [-0.2, 0) is 26.1 Å². The van der Waals surface area contributed by atoms with Crippen LogP contribution in [0, 0.1) is 17.5 Å². The van der Waals surface area contributed by atoms with Gasteiger partial charge in [-0.05, 0) is 49.6 Å². The molecule has 13 heteroatoms. The molecule has 0 aliphatic carbocycles. The minimum absolute atomic E-state index is 0.00474. The molecule has 9 nitrogen and oxygen atoms in total. The van der Waals surface area contributed by atoms with Gasteiger partial charge in [0.2, 0.25) is 15.9 Å². The molecule has 1 heterocycles. The molecule has 3 rings (SSSR count). The van der Waals surface area contributed by atoms with Crippen LogP contribution in [0.1, 0.15) is 25.3 Å². The van der Waals surface area contributed by atoms with Crippen LogP contribution in [0.3, 0.4) is 0 Å². The highest BCUT2D eigenvalue weighted by Gasteiger charge is 2.32. The zero-order valence-corrected chi connectivity index (χ0v) is 22.7. The van der Waals surface area contributed by atoms with Crippen LogP contribution in [-0.4, -0.2) is 86.2 Å². The van der Waals surface area contributed by atoms with Crippen LogP contribution in [0.25, 0.3) is 0 Å². The highest BCUT2D eigenvalue weighted by Crippen LogP contribution is 2.22. The lowest BCUT2D eigenvalue weighted by atomic mass is 10.0. The fraction of sp³-hybridized carbons (Fsp3) is 0.462. The van der Waals surface area contributed by atoms with Crippen molar-refractivity contribution in [1.82, 2.24) is 14.1 Å². The van der Waals surface area contributed by atoms with E-state index in [-0.39, 0.29) is 50.3 Å². The van der Waals surface area contributed by atoms with E-state index in [1.165, 1.54) is 42.0 Å². The van der Waals surface area contributed by atoms with Crippen molar-refractivity contribution in [3.8, 4) is 0 Å². The molecule has 0 saturated carbocycles. The third kappa shape index (κ3) is 8.41. The Morgan fingerprint density at radius 3 is 2.38 bits per heavy atom. The Balaban J connectivity index is 1.74. The number of benzene rings is 2. The number of halogens is 3. The summed E-state index contributed by atoms with van der Waals surface area (Å²) in [4.78, 5) is 29.2. The number of piperidine rings is 1. The van der Waals surface area contributed by atoms with E-state index in [4.69, 9.17) is 4.74 Å². The molecule has 3 amide bonds. The second-order valence-corrected chi connectivity index (χ2v) is 11.4. The predicted octanol–water partition coefficient (Wildman–Crippen LogP) is 3.43. The van der Waals surface area contributed by atoms with E-state index in [2.05, 4.69) is 5.32 Å². The molecule has 0 atom stereocenters. The molecule has 2 aromatic rings. The molecule has 1 aliphatic rings. The molecule has 0 spiro atoms. The average Bonchev–Trinajstić information content (AvgIpc) is 2.91. The van der Waals surface area contributed by atoms with Gasteiger partial charge in [-0.15, -0.1) is 0 Å². The van der Waals surface area contributed by atoms with Gasteiger partial charge in [-0.3, -0.25) is 4.79 Å². The van der Waals surface area contributed by atoms with Gasteiger partial charge in [-0.2, -0.15) is 4.31 Å². The fourth-order valence-corrected chi connectivity index (χ4v) is 5.38. The van der Waals surface area contributed by atoms with E-state index in [1.807, 2.05) is 0 Å². The molecule has 214 valence electrons. The van der Waals surface area contributed by atoms with Crippen LogP contribution < -0.4 is 5.32 Å². The number of nitrogens with zero attached hydrogens (tertiary/aromatic N) is 3. The second kappa shape index (κ2) is 13.8. The van der Waals surface area contributed by atoms with Crippen molar-refractivity contribution in [3.05, 3.63) is 65.5 Å². The van der Waals surface area contributed by atoms with Crippen molar-refractivity contribution in [2.75, 3.05) is 51.0 Å². The van der Waals surface area contributed by atoms with Crippen molar-refractivity contribution >= 4 is 27.6 Å². The second-order valence-electron chi connectivity index (χ2n) is 9.15. The maximum atomic E-state index is 14.0. The Morgan fingerprint density at radius 1 is 1.08 bits per heavy atom. The summed E-state index contributed by atoms with van der Waals surface area (Å²) in [6, 6.07) is 7.72. The minimum Gasteiger partial charge on any atom is -0.383 e. The summed E-state index contributed by atoms with van der Waals surface area (Å²) in [5, 5.41) is 2.43. The largest absolute Gasteiger partial charge is 0.383 e. The lowest BCUT2D eigenvalue weighted by molar-refractivity contribution is -0.135. The number of urea groups is 1. The number of likely N-dealkylation sites (tertiary alicyclic amines) is 1. The maximum Gasteiger partial charge on any atom is 0.321 e. The first kappa shape index (κ1) is 30.4. The Labute approximate surface area is 226 Å². The molecule has 0 unspecified atom stereocenters. The molecule has 39 heavy (non-hydrogen) atoms. The molecular weight excluding hydrogens is 537 g/mol. The first-order chi connectivity index (χ1) is 18.5. The van der Waals surface area contributed by atoms with E-state index in [0.717, 1.165) is 16.4 Å². The lowest BCUT2D eigenvalue weighted by Crippen LogP contribution is -2.52. The van der Waals surface area contributed by atoms with E-state index >= 15 is 0 Å². The Bertz CT molecular complexity index is 1260. The fourth-order valence-electron chi connectivity index (χ4n) is 4.35. The first-order valence-electron chi connectivity index (χ1n) is 12.6. The van der Waals surface area contributed by atoms with Crippen LogP contribution in [0.4, 0.5) is 23.7 Å². The molecule has 1 saturated heterocycles. The maximum absolute atomic E-state index is 14.0. The number of carbonyl (C=O) groups excluding carboxylic acids is 2. The summed E-state index contributed by atoms with van der Waals surface area (Å²) < 4.78 is 72.3. The summed E-state index contributed by atoms with van der Waals surface area (Å²) in [5.41, 5.74) is 0.386. The van der Waals surface area contributed by atoms with Gasteiger partial charge >= 0.3 is 6.03 Å². The SMILES string of the molecule is CCS(=O)(=O)N(CCOC)CC(=O)N(Cc1cccc(F)c1)C1CCN(C(=O)Nc2ccc(F)cc2F)CC1. The normalized spacial score (nSPS) is 14.5. The van der Waals surface area contributed by atoms with Crippen LogP contribution >= 0.6 is 0 Å². The molecular formula is C26H33F3N4O5S. The topological polar surface area (TPSA) is 99.3 Å². The first-order valence-corrected chi connectivity index (χ1v) is 14.2. The van der Waals surface area contributed by atoms with E-state index < -0.39 is 46.0 Å². The number of anilines is 1. The molecule has 0 aromatic heterocycles. The number of nitrogens with one attached hydrogen (secondary N) is 1. The Morgan fingerprint density at radius 2 is 1.77 bits per heavy atom. The van der Waals surface area contributed by atoms with Gasteiger partial charge in [-0.25, -0.2) is 26.4 Å². The Hall–Kier alpha value is -3.16. The highest BCUT2D eigenvalue weighted by atomic mass is 32.2. The lowest BCUT2D eigenvalue weighted by Gasteiger charge is -2.39. The number of sulfonamides is 1. The standard InChI is InChI=1S/C26H33F3N4O5S/c1-3-39(36,37)32(13-14-38-2)18-25(34)33(17-19-5-4-6-20(27)15-19)22-9-11-31(12-10-22)26(35)30-24-8-7-21(28)16-23(24)29/h4-8,15-16,22H,3,9-14,17-18H2,1-2H3,(H,30,35). The van der Waals surface area contributed by atoms with E-state index in [0.29, 0.717) is 24.5 Å². The van der Waals surface area contributed by atoms with Crippen molar-refractivity contribution in [2.24, 2.45) is 0 Å². The van der Waals surface area contributed by atoms with Crippen LogP contribution in [0.15, 0.2) is 42.5 Å². The number of methoxy groups -OCH3 is 1. The molecule has 0 bridgehead atoms. The molecule has 1 aliphatic heterocycles. The average molecular weight is 571 g/mol. The van der Waals surface area contributed by atoms with Gasteiger partial charge in [0.1, 0.15) is 17.5 Å². The zero-order chi connectivity index (χ0) is 28.6. The summed E-state index contributed by atoms with van der Waals surface area (Å²) in [7, 11) is -2.26. The number of hydrogen-bond donors (Lipinski definition) is 1. The predicted molar refractivity (Wildman–Crippen MR) is 140 cm³/mol. The quantitative estimate of drug-likeness (QED) is 0.447. The highest BCUT2D eigenvalue weighted by molar-refractivity contribution is 7.89. The summed E-state index contributed by atoms with van der Waals surface area (Å²) in [6.45, 7) is 1.71. The number of ether oxygens (including phenoxy) is 1. The summed E-state index contributed by atoms with van der Waals surface area (Å²) in [5.74, 6) is -2.76. The van der Waals surface area contributed by atoms with Gasteiger partial charge in [0, 0.05) is 45.4 Å². The number of rotatable bonds is 11. The van der Waals surface area contributed by atoms with Crippen LogP contribution in [0.2, 0.25) is 0 Å². The van der Waals surface area contributed by atoms with Crippen molar-refractivity contribution in [3.63, 3.8) is 0 Å². The van der Waals surface area contributed by atoms with E-state index in [9.17, 15) is 31.2 Å². The van der Waals surface area contributed by atoms with Gasteiger partial charge in [0.15, 0.2) is 0 Å². The van der Waals surface area contributed by atoms with Gasteiger partial charge < -0.3 is 19.9 Å². The minimum atomic E-state index is -3.70. The monoisotopic (exact) mass is 570 g/mol.